The first-order valence-corrected chi connectivity index (χ1v) is 11.7. The smallest absolute Gasteiger partial charge is 0.232 e. The molecule has 0 spiro atoms. The molecule has 0 amide bonds. The Balaban J connectivity index is 1.73. The predicted octanol–water partition coefficient (Wildman–Crippen LogP) is 2.99. The lowest BCUT2D eigenvalue weighted by molar-refractivity contribution is -0.105. The quantitative estimate of drug-likeness (QED) is 0.647. The van der Waals surface area contributed by atoms with E-state index in [1.807, 2.05) is 30.3 Å². The van der Waals surface area contributed by atoms with Crippen LogP contribution in [0.3, 0.4) is 0 Å². The summed E-state index contributed by atoms with van der Waals surface area (Å²) in [5.41, 5.74) is 6.04. The monoisotopic (exact) mass is 455 g/mol. The summed E-state index contributed by atoms with van der Waals surface area (Å²) in [6, 6.07) is 14.8. The van der Waals surface area contributed by atoms with E-state index in [1.54, 1.807) is 29.4 Å². The maximum absolute atomic E-state index is 13.4. The van der Waals surface area contributed by atoms with Crippen LogP contribution in [0.15, 0.2) is 89.6 Å². The number of ether oxygens (including phenoxy) is 1. The molecule has 4 rings (SSSR count). The second-order valence-electron chi connectivity index (χ2n) is 7.47. The van der Waals surface area contributed by atoms with Crippen molar-refractivity contribution in [3.05, 3.63) is 107 Å². The molecule has 32 heavy (non-hydrogen) atoms. The summed E-state index contributed by atoms with van der Waals surface area (Å²) >= 11 is 0. The molecule has 9 heteroatoms. The van der Waals surface area contributed by atoms with Crippen molar-refractivity contribution in [2.75, 3.05) is 13.3 Å². The molecule has 2 aliphatic heterocycles. The number of hydrogen-bond acceptors (Lipinski definition) is 6. The molecule has 2 heterocycles. The van der Waals surface area contributed by atoms with E-state index in [9.17, 15) is 17.6 Å². The van der Waals surface area contributed by atoms with Crippen LogP contribution in [0.5, 0.6) is 0 Å². The number of hydrazine groups is 1. The van der Waals surface area contributed by atoms with E-state index in [4.69, 9.17) is 4.74 Å². The topological polar surface area (TPSA) is 79.0 Å². The molecule has 0 saturated carbocycles. The number of nitrogens with zero attached hydrogens (tertiary/aromatic N) is 2. The molecule has 0 radical (unpaired) electrons. The van der Waals surface area contributed by atoms with Crippen LogP contribution in [-0.4, -0.2) is 37.3 Å². The normalized spacial score (nSPS) is 18.1. The van der Waals surface area contributed by atoms with E-state index in [0.29, 0.717) is 28.3 Å². The molecule has 2 aliphatic rings. The summed E-state index contributed by atoms with van der Waals surface area (Å²) in [5, 5.41) is 1.59. The molecule has 0 bridgehead atoms. The summed E-state index contributed by atoms with van der Waals surface area (Å²) in [6.45, 7) is 0.222. The van der Waals surface area contributed by atoms with Gasteiger partial charge >= 0.3 is 0 Å². The minimum atomic E-state index is -3.57. The second-order valence-corrected chi connectivity index (χ2v) is 9.48. The number of carbonyl (C=O) groups is 1. The summed E-state index contributed by atoms with van der Waals surface area (Å²) in [5.74, 6) is -0.0628. The summed E-state index contributed by atoms with van der Waals surface area (Å²) in [4.78, 5) is 12.0. The van der Waals surface area contributed by atoms with Gasteiger partial charge in [-0.25, -0.2) is 18.2 Å². The maximum atomic E-state index is 13.4. The summed E-state index contributed by atoms with van der Waals surface area (Å²) < 4.78 is 45.0. The number of likely N-dealkylation sites (N-methyl/N-ethyl adjacent to an activating group) is 1. The first-order chi connectivity index (χ1) is 15.3. The zero-order valence-corrected chi connectivity index (χ0v) is 18.3. The number of hydrogen-bond donors (Lipinski definition) is 1. The molecule has 1 atom stereocenters. The lowest BCUT2D eigenvalue weighted by atomic mass is 9.99. The highest BCUT2D eigenvalue weighted by Crippen LogP contribution is 2.37. The van der Waals surface area contributed by atoms with Crippen LogP contribution in [0.25, 0.3) is 0 Å². The third-order valence-electron chi connectivity index (χ3n) is 5.31. The average Bonchev–Trinajstić information content (AvgIpc) is 3.14. The van der Waals surface area contributed by atoms with Gasteiger partial charge in [-0.15, -0.1) is 0 Å². The van der Waals surface area contributed by atoms with Crippen molar-refractivity contribution < 1.29 is 22.3 Å². The molecule has 0 fully saturated rings. The lowest BCUT2D eigenvalue weighted by Gasteiger charge is -2.30. The van der Waals surface area contributed by atoms with Gasteiger partial charge in [-0.05, 0) is 23.3 Å². The number of allylic oxidation sites excluding steroid dienone is 1. The van der Waals surface area contributed by atoms with Crippen molar-refractivity contribution in [2.24, 2.45) is 0 Å². The SMILES string of the molecule is CN(C1=CN2NC(c3ccc(F)cc3)C(C=O)=C2C=C1OCc1ccccc1)S(C)(=O)=O. The Morgan fingerprint density at radius 1 is 1.16 bits per heavy atom. The van der Waals surface area contributed by atoms with Gasteiger partial charge in [-0.1, -0.05) is 42.5 Å². The van der Waals surface area contributed by atoms with Gasteiger partial charge in [0.15, 0.2) is 0 Å². The minimum Gasteiger partial charge on any atom is -0.487 e. The molecular weight excluding hydrogens is 433 g/mol. The van der Waals surface area contributed by atoms with Gasteiger partial charge in [0, 0.05) is 24.9 Å². The molecule has 0 aromatic heterocycles. The highest BCUT2D eigenvalue weighted by Gasteiger charge is 2.35. The van der Waals surface area contributed by atoms with Crippen LogP contribution in [0.2, 0.25) is 0 Å². The predicted molar refractivity (Wildman–Crippen MR) is 117 cm³/mol. The fourth-order valence-corrected chi connectivity index (χ4v) is 4.01. The third-order valence-corrected chi connectivity index (χ3v) is 6.50. The summed E-state index contributed by atoms with van der Waals surface area (Å²) in [7, 11) is -2.14. The minimum absolute atomic E-state index is 0.222. The molecular formula is C23H22FN3O4S. The van der Waals surface area contributed by atoms with Gasteiger partial charge in [-0.3, -0.25) is 14.1 Å². The molecule has 2 aromatic carbocycles. The zero-order valence-electron chi connectivity index (χ0n) is 17.5. The average molecular weight is 456 g/mol. The molecule has 2 aromatic rings. The van der Waals surface area contributed by atoms with Gasteiger partial charge in [0.05, 0.1) is 18.0 Å². The number of nitrogens with one attached hydrogen (secondary N) is 1. The van der Waals surface area contributed by atoms with Crippen molar-refractivity contribution in [3.8, 4) is 0 Å². The van der Waals surface area contributed by atoms with Gasteiger partial charge < -0.3 is 4.74 Å². The highest BCUT2D eigenvalue weighted by atomic mass is 32.2. The Kier molecular flexibility index (Phi) is 5.86. The Bertz CT molecular complexity index is 1220. The van der Waals surface area contributed by atoms with E-state index in [2.05, 4.69) is 5.43 Å². The third kappa shape index (κ3) is 4.30. The van der Waals surface area contributed by atoms with Crippen LogP contribution in [0, 0.1) is 5.82 Å². The number of aldehydes is 1. The molecule has 166 valence electrons. The molecule has 1 unspecified atom stereocenters. The van der Waals surface area contributed by atoms with Gasteiger partial charge in [0.1, 0.15) is 30.2 Å². The molecule has 7 nitrogen and oxygen atoms in total. The van der Waals surface area contributed by atoms with Gasteiger partial charge in [0.25, 0.3) is 0 Å². The highest BCUT2D eigenvalue weighted by molar-refractivity contribution is 7.88. The van der Waals surface area contributed by atoms with E-state index < -0.39 is 16.1 Å². The van der Waals surface area contributed by atoms with Crippen molar-refractivity contribution in [1.82, 2.24) is 14.7 Å². The van der Waals surface area contributed by atoms with E-state index >= 15 is 0 Å². The fourth-order valence-electron chi connectivity index (χ4n) is 3.51. The number of carbonyl (C=O) groups excluding carboxylic acids is 1. The van der Waals surface area contributed by atoms with Crippen molar-refractivity contribution in [2.45, 2.75) is 12.6 Å². The first-order valence-electron chi connectivity index (χ1n) is 9.82. The van der Waals surface area contributed by atoms with Crippen molar-refractivity contribution >= 4 is 16.3 Å². The number of sulfonamides is 1. The van der Waals surface area contributed by atoms with Crippen LogP contribution in [-0.2, 0) is 26.2 Å². The molecule has 0 saturated heterocycles. The number of rotatable bonds is 7. The number of halogens is 1. The molecule has 1 N–H and O–H groups in total. The van der Waals surface area contributed by atoms with Crippen molar-refractivity contribution in [3.63, 3.8) is 0 Å². The van der Waals surface area contributed by atoms with Crippen molar-refractivity contribution in [1.29, 1.82) is 0 Å². The Hall–Kier alpha value is -3.43. The first kappa shape index (κ1) is 21.8. The van der Waals surface area contributed by atoms with Crippen LogP contribution >= 0.6 is 0 Å². The van der Waals surface area contributed by atoms with E-state index in [0.717, 1.165) is 22.4 Å². The maximum Gasteiger partial charge on any atom is 0.232 e. The second kappa shape index (κ2) is 8.60. The standard InChI is InChI=1S/C23H22FN3O4S/c1-26(32(2,29)30)21-13-27-20(12-22(21)31-15-16-6-4-3-5-7-16)19(14-28)23(25-27)17-8-10-18(24)11-9-17/h3-14,23,25H,15H2,1-2H3. The van der Waals surface area contributed by atoms with Crippen LogP contribution in [0.1, 0.15) is 17.2 Å². The summed E-state index contributed by atoms with van der Waals surface area (Å²) in [6.07, 6.45) is 5.05. The van der Waals surface area contributed by atoms with E-state index in [1.165, 1.54) is 19.2 Å². The van der Waals surface area contributed by atoms with Crippen LogP contribution < -0.4 is 5.43 Å². The van der Waals surface area contributed by atoms with Gasteiger partial charge in [0.2, 0.25) is 10.0 Å². The Morgan fingerprint density at radius 2 is 1.84 bits per heavy atom. The fraction of sp³-hybridized carbons (Fsp3) is 0.174. The largest absolute Gasteiger partial charge is 0.487 e. The number of benzene rings is 2. The molecule has 0 aliphatic carbocycles. The lowest BCUT2D eigenvalue weighted by Crippen LogP contribution is -2.35. The van der Waals surface area contributed by atoms with Gasteiger partial charge in [-0.2, -0.15) is 0 Å². The van der Waals surface area contributed by atoms with Crippen LogP contribution in [0.4, 0.5) is 4.39 Å². The number of fused-ring (bicyclic) bond motifs is 1. The Labute approximate surface area is 186 Å². The Morgan fingerprint density at radius 3 is 2.47 bits per heavy atom. The zero-order chi connectivity index (χ0) is 22.9. The van der Waals surface area contributed by atoms with E-state index in [-0.39, 0.29) is 12.4 Å².